The molecule has 0 saturated carbocycles. The lowest BCUT2D eigenvalue weighted by atomic mass is 10.3. The Hall–Kier alpha value is -2.35. The maximum absolute atomic E-state index is 12.0. The van der Waals surface area contributed by atoms with Crippen LogP contribution < -0.4 is 5.73 Å². The summed E-state index contributed by atoms with van der Waals surface area (Å²) in [6, 6.07) is 6.89. The van der Waals surface area contributed by atoms with E-state index in [1.165, 1.54) is 30.5 Å². The van der Waals surface area contributed by atoms with E-state index in [1.54, 1.807) is 6.07 Å². The number of rotatable bonds is 2. The highest BCUT2D eigenvalue weighted by Crippen LogP contribution is 2.21. The van der Waals surface area contributed by atoms with Crippen LogP contribution >= 0.6 is 0 Å². The van der Waals surface area contributed by atoms with E-state index in [9.17, 15) is 13.2 Å². The number of hydrogen-bond donors (Lipinski definition) is 1. The maximum atomic E-state index is 12.0. The fourth-order valence-corrected chi connectivity index (χ4v) is 2.53. The molecular formula is C10H8N4O3S. The van der Waals surface area contributed by atoms with Crippen molar-refractivity contribution in [3.8, 4) is 0 Å². The lowest BCUT2D eigenvalue weighted by molar-refractivity contribution is 0.107. The van der Waals surface area contributed by atoms with Crippen molar-refractivity contribution < 1.29 is 13.2 Å². The van der Waals surface area contributed by atoms with E-state index in [0.29, 0.717) is 0 Å². The molecular weight excluding hydrogens is 256 g/mol. The molecule has 1 aromatic heterocycles. The Morgan fingerprint density at radius 1 is 1.17 bits per heavy atom. The van der Waals surface area contributed by atoms with Crippen molar-refractivity contribution in [3.05, 3.63) is 42.2 Å². The van der Waals surface area contributed by atoms with Crippen LogP contribution in [0.2, 0.25) is 0 Å². The lowest BCUT2D eigenvalue weighted by Gasteiger charge is -2.04. The van der Waals surface area contributed by atoms with Gasteiger partial charge in [0.2, 0.25) is 9.84 Å². The molecule has 7 nitrogen and oxygen atoms in total. The minimum absolute atomic E-state index is 0.00728. The third-order valence-electron chi connectivity index (χ3n) is 2.16. The molecule has 0 aliphatic rings. The SMILES string of the molecule is Nc1ccccc1S(=O)(=O)C(=O)c1ccnnn1. The van der Waals surface area contributed by atoms with Crippen LogP contribution in [0.25, 0.3) is 0 Å². The third kappa shape index (κ3) is 2.05. The van der Waals surface area contributed by atoms with E-state index in [0.717, 1.165) is 0 Å². The smallest absolute Gasteiger partial charge is 0.301 e. The molecule has 0 radical (unpaired) electrons. The van der Waals surface area contributed by atoms with Gasteiger partial charge in [0.05, 0.1) is 16.8 Å². The molecule has 0 fully saturated rings. The molecule has 2 aromatic rings. The first kappa shape index (κ1) is 12.1. The zero-order valence-electron chi connectivity index (χ0n) is 9.02. The van der Waals surface area contributed by atoms with Gasteiger partial charge in [-0.25, -0.2) is 8.42 Å². The van der Waals surface area contributed by atoms with E-state index in [1.807, 2.05) is 0 Å². The largest absolute Gasteiger partial charge is 0.398 e. The summed E-state index contributed by atoms with van der Waals surface area (Å²) in [7, 11) is -4.22. The molecule has 18 heavy (non-hydrogen) atoms. The van der Waals surface area contributed by atoms with E-state index < -0.39 is 15.0 Å². The van der Waals surface area contributed by atoms with Crippen molar-refractivity contribution in [2.45, 2.75) is 4.90 Å². The van der Waals surface area contributed by atoms with Crippen LogP contribution in [0.3, 0.4) is 0 Å². The number of nitrogens with two attached hydrogens (primary N) is 1. The first-order valence-corrected chi connectivity index (χ1v) is 6.30. The van der Waals surface area contributed by atoms with E-state index in [2.05, 4.69) is 15.4 Å². The van der Waals surface area contributed by atoms with Crippen molar-refractivity contribution in [1.82, 2.24) is 15.4 Å². The monoisotopic (exact) mass is 264 g/mol. The molecule has 2 N–H and O–H groups in total. The summed E-state index contributed by atoms with van der Waals surface area (Å²) in [4.78, 5) is 11.6. The Kier molecular flexibility index (Phi) is 3.02. The van der Waals surface area contributed by atoms with E-state index >= 15 is 0 Å². The summed E-state index contributed by atoms with van der Waals surface area (Å²) in [5.41, 5.74) is 5.25. The van der Waals surface area contributed by atoms with Gasteiger partial charge in [-0.1, -0.05) is 12.1 Å². The Morgan fingerprint density at radius 2 is 1.89 bits per heavy atom. The number of aromatic nitrogens is 3. The Morgan fingerprint density at radius 3 is 2.50 bits per heavy atom. The normalized spacial score (nSPS) is 11.1. The highest BCUT2D eigenvalue weighted by atomic mass is 32.2. The molecule has 0 amide bonds. The number of benzene rings is 1. The van der Waals surface area contributed by atoms with Crippen LogP contribution in [0, 0.1) is 0 Å². The molecule has 1 heterocycles. The lowest BCUT2D eigenvalue weighted by Crippen LogP contribution is -2.18. The van der Waals surface area contributed by atoms with Gasteiger partial charge in [0.15, 0.2) is 0 Å². The molecule has 2 rings (SSSR count). The van der Waals surface area contributed by atoms with Crippen LogP contribution in [0.15, 0.2) is 41.4 Å². The first-order chi connectivity index (χ1) is 8.53. The van der Waals surface area contributed by atoms with Crippen LogP contribution in [0.5, 0.6) is 0 Å². The maximum Gasteiger partial charge on any atom is 0.301 e. The number of hydrogen-bond acceptors (Lipinski definition) is 7. The number of sulfone groups is 1. The van der Waals surface area contributed by atoms with Gasteiger partial charge in [-0.15, -0.1) is 10.2 Å². The first-order valence-electron chi connectivity index (χ1n) is 4.82. The standard InChI is InChI=1S/C10H8N4O3S/c11-7-3-1-2-4-9(7)18(16,17)10(15)8-5-6-12-14-13-8/h1-6H,11H2. The fraction of sp³-hybridized carbons (Fsp3) is 0. The van der Waals surface area contributed by atoms with Gasteiger partial charge in [-0.2, -0.15) is 0 Å². The number of carbonyl (C=O) groups excluding carboxylic acids is 1. The van der Waals surface area contributed by atoms with E-state index in [-0.39, 0.29) is 16.3 Å². The average Bonchev–Trinajstić information content (AvgIpc) is 2.39. The van der Waals surface area contributed by atoms with Crippen LogP contribution in [0.4, 0.5) is 5.69 Å². The van der Waals surface area contributed by atoms with Crippen molar-refractivity contribution in [3.63, 3.8) is 0 Å². The number of nitrogen functional groups attached to an aromatic ring is 1. The number of para-hydroxylation sites is 1. The average molecular weight is 264 g/mol. The molecule has 1 aromatic carbocycles. The zero-order valence-corrected chi connectivity index (χ0v) is 9.83. The predicted molar refractivity (Wildman–Crippen MR) is 62.2 cm³/mol. The van der Waals surface area contributed by atoms with E-state index in [4.69, 9.17) is 5.73 Å². The Bertz CT molecular complexity index is 685. The highest BCUT2D eigenvalue weighted by Gasteiger charge is 2.29. The van der Waals surface area contributed by atoms with Gasteiger partial charge >= 0.3 is 5.12 Å². The predicted octanol–water partition coefficient (Wildman–Crippen LogP) is 0.0679. The Balaban J connectivity index is 2.51. The third-order valence-corrected chi connectivity index (χ3v) is 3.81. The van der Waals surface area contributed by atoms with Crippen LogP contribution in [-0.2, 0) is 9.84 Å². The Labute approximate surface area is 103 Å². The fourth-order valence-electron chi connectivity index (χ4n) is 1.31. The van der Waals surface area contributed by atoms with Gasteiger partial charge in [0, 0.05) is 0 Å². The number of anilines is 1. The molecule has 92 valence electrons. The molecule has 8 heteroatoms. The van der Waals surface area contributed by atoms with Crippen molar-refractivity contribution in [2.24, 2.45) is 0 Å². The molecule has 0 unspecified atom stereocenters. The number of nitrogens with zero attached hydrogens (tertiary/aromatic N) is 3. The second-order valence-electron chi connectivity index (χ2n) is 3.33. The molecule has 0 spiro atoms. The minimum atomic E-state index is -4.22. The second-order valence-corrected chi connectivity index (χ2v) is 5.15. The summed E-state index contributed by atoms with van der Waals surface area (Å²) in [5.74, 6) is 0. The van der Waals surface area contributed by atoms with Crippen LogP contribution in [-0.4, -0.2) is 28.9 Å². The van der Waals surface area contributed by atoms with Crippen LogP contribution in [0.1, 0.15) is 10.5 Å². The zero-order chi connectivity index (χ0) is 13.2. The summed E-state index contributed by atoms with van der Waals surface area (Å²) < 4.78 is 24.1. The summed E-state index contributed by atoms with van der Waals surface area (Å²) in [6.45, 7) is 0. The van der Waals surface area contributed by atoms with Gasteiger partial charge in [-0.05, 0) is 23.4 Å². The van der Waals surface area contributed by atoms with Crippen molar-refractivity contribution in [1.29, 1.82) is 0 Å². The van der Waals surface area contributed by atoms with Crippen molar-refractivity contribution >= 4 is 20.6 Å². The summed E-state index contributed by atoms with van der Waals surface area (Å²) in [5, 5.41) is 8.80. The summed E-state index contributed by atoms with van der Waals surface area (Å²) >= 11 is 0. The number of carbonyl (C=O) groups is 1. The molecule has 0 saturated heterocycles. The minimum Gasteiger partial charge on any atom is -0.398 e. The van der Waals surface area contributed by atoms with Gasteiger partial charge in [-0.3, -0.25) is 4.79 Å². The highest BCUT2D eigenvalue weighted by molar-refractivity contribution is 8.06. The second kappa shape index (κ2) is 4.49. The van der Waals surface area contributed by atoms with Gasteiger partial charge in [0.1, 0.15) is 5.69 Å². The van der Waals surface area contributed by atoms with Gasteiger partial charge in [0.25, 0.3) is 0 Å². The van der Waals surface area contributed by atoms with Gasteiger partial charge < -0.3 is 5.73 Å². The molecule has 0 atom stereocenters. The molecule has 0 bridgehead atoms. The summed E-state index contributed by atoms with van der Waals surface area (Å²) in [6.07, 6.45) is 1.18. The van der Waals surface area contributed by atoms with Crippen molar-refractivity contribution in [2.75, 3.05) is 5.73 Å². The molecule has 0 aliphatic carbocycles. The topological polar surface area (TPSA) is 116 Å². The quantitative estimate of drug-likeness (QED) is 0.763. The molecule has 0 aliphatic heterocycles.